The summed E-state index contributed by atoms with van der Waals surface area (Å²) in [5, 5.41) is 0. The van der Waals surface area contributed by atoms with Crippen molar-refractivity contribution in [2.24, 2.45) is 5.92 Å². The van der Waals surface area contributed by atoms with E-state index in [1.807, 2.05) is 0 Å². The van der Waals surface area contributed by atoms with Gasteiger partial charge in [0.25, 0.3) is 0 Å². The van der Waals surface area contributed by atoms with Crippen LogP contribution in [0, 0.1) is 5.92 Å². The first-order valence-electron chi connectivity index (χ1n) is 4.87. The Kier molecular flexibility index (Phi) is 2.94. The quantitative estimate of drug-likeness (QED) is 0.608. The van der Waals surface area contributed by atoms with Crippen molar-refractivity contribution in [1.29, 1.82) is 0 Å². The summed E-state index contributed by atoms with van der Waals surface area (Å²) in [4.78, 5) is 0. The van der Waals surface area contributed by atoms with Gasteiger partial charge in [-0.15, -0.1) is 0 Å². The standard InChI is InChI=1S/C10H20O/c1-4-10(3,11-5-2)9-7-6-8-9/h9H,4-8H2,1-3H3. The molecular weight excluding hydrogens is 136 g/mol. The molecule has 0 N–H and O–H groups in total. The molecule has 1 aliphatic carbocycles. The van der Waals surface area contributed by atoms with Crippen molar-refractivity contribution in [1.82, 2.24) is 0 Å². The van der Waals surface area contributed by atoms with Crippen LogP contribution >= 0.6 is 0 Å². The largest absolute Gasteiger partial charge is 0.375 e. The van der Waals surface area contributed by atoms with Crippen LogP contribution in [0.4, 0.5) is 0 Å². The van der Waals surface area contributed by atoms with Crippen LogP contribution in [0.15, 0.2) is 0 Å². The van der Waals surface area contributed by atoms with Gasteiger partial charge in [0, 0.05) is 6.61 Å². The SMILES string of the molecule is CCOC(C)(CC)C1CCC1. The lowest BCUT2D eigenvalue weighted by Crippen LogP contribution is -2.40. The Balaban J connectivity index is 2.43. The summed E-state index contributed by atoms with van der Waals surface area (Å²) in [6, 6.07) is 0. The van der Waals surface area contributed by atoms with Gasteiger partial charge in [-0.3, -0.25) is 0 Å². The van der Waals surface area contributed by atoms with Gasteiger partial charge >= 0.3 is 0 Å². The molecule has 1 aliphatic rings. The van der Waals surface area contributed by atoms with Crippen LogP contribution < -0.4 is 0 Å². The Hall–Kier alpha value is -0.0400. The van der Waals surface area contributed by atoms with Gasteiger partial charge in [-0.2, -0.15) is 0 Å². The molecule has 1 nitrogen and oxygen atoms in total. The lowest BCUT2D eigenvalue weighted by molar-refractivity contribution is -0.0937. The van der Waals surface area contributed by atoms with E-state index >= 15 is 0 Å². The summed E-state index contributed by atoms with van der Waals surface area (Å²) in [6.45, 7) is 7.45. The molecule has 0 saturated heterocycles. The molecule has 0 heterocycles. The van der Waals surface area contributed by atoms with Gasteiger partial charge in [-0.05, 0) is 39.0 Å². The van der Waals surface area contributed by atoms with Gasteiger partial charge in [0.2, 0.25) is 0 Å². The average Bonchev–Trinajstić information content (AvgIpc) is 1.84. The first-order chi connectivity index (χ1) is 5.23. The lowest BCUT2D eigenvalue weighted by atomic mass is 9.72. The summed E-state index contributed by atoms with van der Waals surface area (Å²) >= 11 is 0. The van der Waals surface area contributed by atoms with Gasteiger partial charge in [-0.1, -0.05) is 13.3 Å². The van der Waals surface area contributed by atoms with Crippen molar-refractivity contribution in [2.75, 3.05) is 6.61 Å². The van der Waals surface area contributed by atoms with Gasteiger partial charge < -0.3 is 4.74 Å². The van der Waals surface area contributed by atoms with Gasteiger partial charge in [-0.25, -0.2) is 0 Å². The van der Waals surface area contributed by atoms with E-state index in [-0.39, 0.29) is 5.60 Å². The highest BCUT2D eigenvalue weighted by molar-refractivity contribution is 4.88. The molecule has 1 fully saturated rings. The second-order valence-corrected chi connectivity index (χ2v) is 3.73. The van der Waals surface area contributed by atoms with E-state index in [9.17, 15) is 0 Å². The molecule has 1 saturated carbocycles. The maximum Gasteiger partial charge on any atom is 0.0679 e. The van der Waals surface area contributed by atoms with E-state index < -0.39 is 0 Å². The topological polar surface area (TPSA) is 9.23 Å². The highest BCUT2D eigenvalue weighted by atomic mass is 16.5. The molecule has 0 aromatic rings. The van der Waals surface area contributed by atoms with E-state index in [1.54, 1.807) is 0 Å². The van der Waals surface area contributed by atoms with Crippen molar-refractivity contribution in [3.63, 3.8) is 0 Å². The fourth-order valence-electron chi connectivity index (χ4n) is 1.86. The van der Waals surface area contributed by atoms with Gasteiger partial charge in [0.1, 0.15) is 0 Å². The van der Waals surface area contributed by atoms with Crippen molar-refractivity contribution in [3.8, 4) is 0 Å². The van der Waals surface area contributed by atoms with E-state index in [0.29, 0.717) is 0 Å². The third kappa shape index (κ3) is 1.76. The second-order valence-electron chi connectivity index (χ2n) is 3.73. The average molecular weight is 156 g/mol. The molecule has 1 atom stereocenters. The second kappa shape index (κ2) is 3.57. The zero-order chi connectivity index (χ0) is 8.32. The molecule has 0 radical (unpaired) electrons. The van der Waals surface area contributed by atoms with Crippen LogP contribution in [0.3, 0.4) is 0 Å². The van der Waals surface area contributed by atoms with E-state index in [1.165, 1.54) is 19.3 Å². The van der Waals surface area contributed by atoms with Gasteiger partial charge in [0.15, 0.2) is 0 Å². The van der Waals surface area contributed by atoms with Crippen LogP contribution in [-0.2, 0) is 4.74 Å². The zero-order valence-corrected chi connectivity index (χ0v) is 8.02. The predicted molar refractivity (Wildman–Crippen MR) is 47.7 cm³/mol. The Morgan fingerprint density at radius 3 is 2.27 bits per heavy atom. The molecule has 66 valence electrons. The van der Waals surface area contributed by atoms with Crippen molar-refractivity contribution in [3.05, 3.63) is 0 Å². The highest BCUT2D eigenvalue weighted by Crippen LogP contribution is 2.40. The summed E-state index contributed by atoms with van der Waals surface area (Å²) < 4.78 is 5.78. The molecular formula is C10H20O. The Morgan fingerprint density at radius 1 is 1.36 bits per heavy atom. The number of hydrogen-bond donors (Lipinski definition) is 0. The molecule has 0 bridgehead atoms. The van der Waals surface area contributed by atoms with Crippen LogP contribution in [-0.4, -0.2) is 12.2 Å². The molecule has 1 rings (SSSR count). The molecule has 0 amide bonds. The normalized spacial score (nSPS) is 24.3. The minimum absolute atomic E-state index is 0.188. The minimum Gasteiger partial charge on any atom is -0.375 e. The zero-order valence-electron chi connectivity index (χ0n) is 8.02. The van der Waals surface area contributed by atoms with E-state index in [2.05, 4.69) is 20.8 Å². The molecule has 0 aromatic carbocycles. The lowest BCUT2D eigenvalue weighted by Gasteiger charge is -2.42. The monoisotopic (exact) mass is 156 g/mol. The van der Waals surface area contributed by atoms with E-state index in [4.69, 9.17) is 4.74 Å². The van der Waals surface area contributed by atoms with Crippen molar-refractivity contribution >= 4 is 0 Å². The van der Waals surface area contributed by atoms with Crippen molar-refractivity contribution < 1.29 is 4.74 Å². The minimum atomic E-state index is 0.188. The number of hydrogen-bond acceptors (Lipinski definition) is 1. The predicted octanol–water partition coefficient (Wildman–Crippen LogP) is 2.99. The van der Waals surface area contributed by atoms with Crippen molar-refractivity contribution in [2.45, 2.75) is 52.1 Å². The molecule has 0 aromatic heterocycles. The van der Waals surface area contributed by atoms with Crippen LogP contribution in [0.1, 0.15) is 46.5 Å². The molecule has 11 heavy (non-hydrogen) atoms. The summed E-state index contributed by atoms with van der Waals surface area (Å²) in [6.07, 6.45) is 5.33. The Bertz CT molecular complexity index is 118. The van der Waals surface area contributed by atoms with Gasteiger partial charge in [0.05, 0.1) is 5.60 Å². The smallest absolute Gasteiger partial charge is 0.0679 e. The number of rotatable bonds is 4. The molecule has 1 unspecified atom stereocenters. The first kappa shape index (κ1) is 9.05. The Morgan fingerprint density at radius 2 is 2.00 bits per heavy atom. The fraction of sp³-hybridized carbons (Fsp3) is 1.00. The summed E-state index contributed by atoms with van der Waals surface area (Å²) in [5.41, 5.74) is 0.188. The third-order valence-electron chi connectivity index (χ3n) is 3.14. The highest BCUT2D eigenvalue weighted by Gasteiger charge is 2.36. The number of ether oxygens (including phenoxy) is 1. The molecule has 1 heteroatoms. The van der Waals surface area contributed by atoms with Crippen LogP contribution in [0.2, 0.25) is 0 Å². The Labute approximate surface area is 70.1 Å². The maximum atomic E-state index is 5.78. The maximum absolute atomic E-state index is 5.78. The van der Waals surface area contributed by atoms with Crippen LogP contribution in [0.5, 0.6) is 0 Å². The fourth-order valence-corrected chi connectivity index (χ4v) is 1.86. The first-order valence-corrected chi connectivity index (χ1v) is 4.87. The van der Waals surface area contributed by atoms with Crippen LogP contribution in [0.25, 0.3) is 0 Å². The molecule has 0 spiro atoms. The summed E-state index contributed by atoms with van der Waals surface area (Å²) in [7, 11) is 0. The third-order valence-corrected chi connectivity index (χ3v) is 3.14. The summed E-state index contributed by atoms with van der Waals surface area (Å²) in [5.74, 6) is 0.840. The molecule has 0 aliphatic heterocycles. The van der Waals surface area contributed by atoms with E-state index in [0.717, 1.165) is 18.9 Å².